The lowest BCUT2D eigenvalue weighted by Gasteiger charge is -2.50. The van der Waals surface area contributed by atoms with Crippen molar-refractivity contribution in [2.45, 2.75) is 37.9 Å². The van der Waals surface area contributed by atoms with Crippen molar-refractivity contribution in [3.63, 3.8) is 0 Å². The highest BCUT2D eigenvalue weighted by Crippen LogP contribution is 2.54. The van der Waals surface area contributed by atoms with Gasteiger partial charge in [-0.15, -0.1) is 0 Å². The predicted molar refractivity (Wildman–Crippen MR) is 137 cm³/mol. The number of nitrogens with zero attached hydrogens (tertiary/aromatic N) is 2. The standard InChI is InChI=1S/C29H32N2O7/c1-27(2,3)38-26(35)31-15-29(16-31)23-12-30(14-28(23,17-37-29)24(32)33)25(34)36-13-22-20-10-6-4-8-18(20)19-9-5-7-11-21(19)22/h4-11,22-23H,12-17H2,1-3H3,(H,32,33)/t23-,28+/m1/s1. The molecule has 1 N–H and O–H groups in total. The molecule has 0 bridgehead atoms. The first kappa shape index (κ1) is 24.7. The second-order valence-electron chi connectivity index (χ2n) is 11.9. The van der Waals surface area contributed by atoms with Crippen molar-refractivity contribution in [2.24, 2.45) is 11.3 Å². The van der Waals surface area contributed by atoms with Crippen molar-refractivity contribution in [3.05, 3.63) is 59.7 Å². The lowest BCUT2D eigenvalue weighted by Crippen LogP contribution is -2.68. The minimum absolute atomic E-state index is 0.0116. The van der Waals surface area contributed by atoms with E-state index in [-0.39, 0.29) is 45.3 Å². The third kappa shape index (κ3) is 3.74. The second-order valence-corrected chi connectivity index (χ2v) is 11.9. The van der Waals surface area contributed by atoms with Gasteiger partial charge in [-0.1, -0.05) is 48.5 Å². The molecule has 0 unspecified atom stereocenters. The first-order valence-corrected chi connectivity index (χ1v) is 13.0. The number of carboxylic acid groups (broad SMARTS) is 1. The third-order valence-electron chi connectivity index (χ3n) is 8.38. The number of fused-ring (bicyclic) bond motifs is 5. The fraction of sp³-hybridized carbons (Fsp3) is 0.483. The molecule has 0 radical (unpaired) electrons. The summed E-state index contributed by atoms with van der Waals surface area (Å²) >= 11 is 0. The van der Waals surface area contributed by atoms with E-state index in [9.17, 15) is 19.5 Å². The lowest BCUT2D eigenvalue weighted by atomic mass is 9.69. The smallest absolute Gasteiger partial charge is 0.410 e. The van der Waals surface area contributed by atoms with Gasteiger partial charge >= 0.3 is 18.2 Å². The normalized spacial score (nSPS) is 25.0. The van der Waals surface area contributed by atoms with Crippen LogP contribution in [0.4, 0.5) is 9.59 Å². The summed E-state index contributed by atoms with van der Waals surface area (Å²) in [6.45, 7) is 6.23. The molecular weight excluding hydrogens is 488 g/mol. The van der Waals surface area contributed by atoms with Gasteiger partial charge < -0.3 is 29.1 Å². The molecule has 3 saturated heterocycles. The summed E-state index contributed by atoms with van der Waals surface area (Å²) in [6.07, 6.45) is -0.980. The molecule has 6 rings (SSSR count). The Balaban J connectivity index is 1.15. The highest BCUT2D eigenvalue weighted by atomic mass is 16.6. The maximum atomic E-state index is 13.3. The molecule has 1 aliphatic carbocycles. The monoisotopic (exact) mass is 520 g/mol. The van der Waals surface area contributed by atoms with Crippen LogP contribution in [-0.2, 0) is 19.0 Å². The quantitative estimate of drug-likeness (QED) is 0.653. The molecule has 9 nitrogen and oxygen atoms in total. The Bertz CT molecular complexity index is 1270. The van der Waals surface area contributed by atoms with Gasteiger partial charge in [0.15, 0.2) is 0 Å². The lowest BCUT2D eigenvalue weighted by molar-refractivity contribution is -0.149. The molecule has 1 spiro atoms. The SMILES string of the molecule is CC(C)(C)OC(=O)N1CC2(C1)OC[C@@]1(C(=O)O)CN(C(=O)OCC3c4ccccc4-c4ccccc43)C[C@@H]21. The summed E-state index contributed by atoms with van der Waals surface area (Å²) in [5.41, 5.74) is 1.85. The van der Waals surface area contributed by atoms with Crippen molar-refractivity contribution in [3.8, 4) is 11.1 Å². The van der Waals surface area contributed by atoms with E-state index in [0.29, 0.717) is 0 Å². The van der Waals surface area contributed by atoms with Gasteiger partial charge in [-0.25, -0.2) is 9.59 Å². The summed E-state index contributed by atoms with van der Waals surface area (Å²) in [7, 11) is 0. The third-order valence-corrected chi connectivity index (χ3v) is 8.38. The molecular formula is C29H32N2O7. The number of likely N-dealkylation sites (tertiary alicyclic amines) is 2. The Morgan fingerprint density at radius 1 is 0.947 bits per heavy atom. The molecule has 0 aromatic heterocycles. The average molecular weight is 521 g/mol. The van der Waals surface area contributed by atoms with Gasteiger partial charge in [0.25, 0.3) is 0 Å². The molecule has 200 valence electrons. The molecule has 3 heterocycles. The Morgan fingerprint density at radius 3 is 2.13 bits per heavy atom. The number of carboxylic acids is 1. The van der Waals surface area contributed by atoms with Gasteiger partial charge in [0.05, 0.1) is 19.7 Å². The fourth-order valence-electron chi connectivity index (χ4n) is 6.57. The number of hydrogen-bond acceptors (Lipinski definition) is 6. The summed E-state index contributed by atoms with van der Waals surface area (Å²) in [6, 6.07) is 16.2. The minimum Gasteiger partial charge on any atom is -0.481 e. The first-order chi connectivity index (χ1) is 18.0. The van der Waals surface area contributed by atoms with E-state index in [2.05, 4.69) is 24.3 Å². The van der Waals surface area contributed by atoms with Crippen molar-refractivity contribution in [2.75, 3.05) is 39.4 Å². The van der Waals surface area contributed by atoms with Crippen LogP contribution >= 0.6 is 0 Å². The zero-order valence-electron chi connectivity index (χ0n) is 21.8. The highest BCUT2D eigenvalue weighted by molar-refractivity contribution is 5.81. The number of carbonyl (C=O) groups excluding carboxylic acids is 2. The van der Waals surface area contributed by atoms with E-state index in [0.717, 1.165) is 22.3 Å². The van der Waals surface area contributed by atoms with Crippen LogP contribution in [0.15, 0.2) is 48.5 Å². The van der Waals surface area contributed by atoms with Crippen LogP contribution in [0.5, 0.6) is 0 Å². The Kier molecular flexibility index (Phi) is 5.51. The van der Waals surface area contributed by atoms with Crippen LogP contribution in [0, 0.1) is 11.3 Å². The minimum atomic E-state index is -1.23. The summed E-state index contributed by atoms with van der Waals surface area (Å²) < 4.78 is 17.3. The number of hydrogen-bond donors (Lipinski definition) is 1. The average Bonchev–Trinajstić information content (AvgIpc) is 3.48. The molecule has 9 heteroatoms. The van der Waals surface area contributed by atoms with E-state index >= 15 is 0 Å². The van der Waals surface area contributed by atoms with Crippen LogP contribution in [0.1, 0.15) is 37.8 Å². The van der Waals surface area contributed by atoms with E-state index in [1.165, 1.54) is 9.80 Å². The molecule has 2 amide bonds. The maximum absolute atomic E-state index is 13.3. The molecule has 3 aliphatic heterocycles. The van der Waals surface area contributed by atoms with Crippen molar-refractivity contribution in [1.29, 1.82) is 0 Å². The van der Waals surface area contributed by atoms with Gasteiger partial charge in [0, 0.05) is 24.9 Å². The van der Waals surface area contributed by atoms with E-state index in [4.69, 9.17) is 14.2 Å². The zero-order valence-corrected chi connectivity index (χ0v) is 21.8. The molecule has 2 aromatic rings. The Morgan fingerprint density at radius 2 is 1.55 bits per heavy atom. The number of amides is 2. The van der Waals surface area contributed by atoms with Crippen LogP contribution in [-0.4, -0.2) is 83.7 Å². The predicted octanol–water partition coefficient (Wildman–Crippen LogP) is 3.96. The van der Waals surface area contributed by atoms with E-state index in [1.54, 1.807) is 20.8 Å². The highest BCUT2D eigenvalue weighted by Gasteiger charge is 2.70. The number of ether oxygens (including phenoxy) is 3. The molecule has 4 aliphatic rings. The van der Waals surface area contributed by atoms with Crippen molar-refractivity contribution >= 4 is 18.2 Å². The maximum Gasteiger partial charge on any atom is 0.410 e. The number of aliphatic carboxylic acids is 1. The van der Waals surface area contributed by atoms with E-state index in [1.807, 2.05) is 24.3 Å². The van der Waals surface area contributed by atoms with Crippen LogP contribution < -0.4 is 0 Å². The summed E-state index contributed by atoms with van der Waals surface area (Å²) in [5, 5.41) is 10.2. The number of carbonyl (C=O) groups is 3. The number of benzene rings is 2. The molecule has 2 aromatic carbocycles. The first-order valence-electron chi connectivity index (χ1n) is 13.0. The van der Waals surface area contributed by atoms with Gasteiger partial charge in [-0.3, -0.25) is 4.79 Å². The molecule has 38 heavy (non-hydrogen) atoms. The van der Waals surface area contributed by atoms with Crippen molar-refractivity contribution in [1.82, 2.24) is 9.80 Å². The Hall–Kier alpha value is -3.59. The largest absolute Gasteiger partial charge is 0.481 e. The Labute approximate surface area is 221 Å². The molecule has 2 atom stereocenters. The van der Waals surface area contributed by atoms with Crippen LogP contribution in [0.3, 0.4) is 0 Å². The van der Waals surface area contributed by atoms with E-state index < -0.39 is 40.7 Å². The topological polar surface area (TPSA) is 106 Å². The molecule has 3 fully saturated rings. The van der Waals surface area contributed by atoms with Gasteiger partial charge in [-0.05, 0) is 43.0 Å². The second kappa shape index (κ2) is 8.46. The van der Waals surface area contributed by atoms with Crippen LogP contribution in [0.25, 0.3) is 11.1 Å². The number of rotatable bonds is 3. The zero-order chi connectivity index (χ0) is 26.9. The summed E-state index contributed by atoms with van der Waals surface area (Å²) in [5.74, 6) is -1.53. The van der Waals surface area contributed by atoms with Gasteiger partial charge in [-0.2, -0.15) is 0 Å². The fourth-order valence-corrected chi connectivity index (χ4v) is 6.57. The molecule has 0 saturated carbocycles. The van der Waals surface area contributed by atoms with Gasteiger partial charge in [0.1, 0.15) is 23.2 Å². The van der Waals surface area contributed by atoms with Crippen molar-refractivity contribution < 1.29 is 33.7 Å². The van der Waals surface area contributed by atoms with Gasteiger partial charge in [0.2, 0.25) is 0 Å². The van der Waals surface area contributed by atoms with Crippen LogP contribution in [0.2, 0.25) is 0 Å². The summed E-state index contributed by atoms with van der Waals surface area (Å²) in [4.78, 5) is 41.2.